The molecule has 1 atom stereocenters. The van der Waals surface area contributed by atoms with Crippen molar-refractivity contribution in [1.82, 2.24) is 15.3 Å². The zero-order chi connectivity index (χ0) is 23.0. The van der Waals surface area contributed by atoms with Crippen molar-refractivity contribution in [3.8, 4) is 0 Å². The molecular formula is C19H16ClF6N3O2. The van der Waals surface area contributed by atoms with Gasteiger partial charge in [-0.1, -0.05) is 17.7 Å². The molecule has 0 saturated heterocycles. The van der Waals surface area contributed by atoms with Crippen molar-refractivity contribution < 1.29 is 36.2 Å². The van der Waals surface area contributed by atoms with Crippen LogP contribution in [0, 0.1) is 5.95 Å². The molecule has 0 aliphatic heterocycles. The summed E-state index contributed by atoms with van der Waals surface area (Å²) in [6, 6.07) is 2.56. The second-order valence-electron chi connectivity index (χ2n) is 7.27. The summed E-state index contributed by atoms with van der Waals surface area (Å²) in [6.07, 6.45) is -6.46. The summed E-state index contributed by atoms with van der Waals surface area (Å²) in [5, 5.41) is 12.3. The van der Waals surface area contributed by atoms with E-state index in [9.17, 15) is 36.2 Å². The van der Waals surface area contributed by atoms with Crippen molar-refractivity contribution in [2.75, 3.05) is 0 Å². The zero-order valence-corrected chi connectivity index (χ0v) is 16.4. The standard InChI is InChI=1S/C19H16ClF6N3O2/c20-13-10(19(24,25)26)4-9-27-14(13)16(30)29-15(11-2-1-3-12(21)28-11)17(31)5-7-18(22,23)8-6-17/h1-4,9,15,31H,5-8H2,(H,29,30). The van der Waals surface area contributed by atoms with Gasteiger partial charge in [-0.2, -0.15) is 17.6 Å². The molecule has 168 valence electrons. The Morgan fingerprint density at radius 2 is 1.81 bits per heavy atom. The number of aliphatic hydroxyl groups is 1. The number of carbonyl (C=O) groups is 1. The molecule has 2 aromatic rings. The Bertz CT molecular complexity index is 975. The van der Waals surface area contributed by atoms with Gasteiger partial charge in [0.15, 0.2) is 0 Å². The van der Waals surface area contributed by atoms with Crippen molar-refractivity contribution in [2.24, 2.45) is 0 Å². The average Bonchev–Trinajstić information content (AvgIpc) is 2.67. The first-order valence-corrected chi connectivity index (χ1v) is 9.45. The van der Waals surface area contributed by atoms with Crippen molar-refractivity contribution in [3.05, 3.63) is 58.4 Å². The molecule has 12 heteroatoms. The number of amides is 1. The highest BCUT2D eigenvalue weighted by atomic mass is 35.5. The smallest absolute Gasteiger partial charge is 0.387 e. The molecule has 2 heterocycles. The van der Waals surface area contributed by atoms with Gasteiger partial charge in [-0.05, 0) is 31.0 Å². The third kappa shape index (κ3) is 5.09. The number of hydrogen-bond acceptors (Lipinski definition) is 4. The van der Waals surface area contributed by atoms with Crippen molar-refractivity contribution in [3.63, 3.8) is 0 Å². The lowest BCUT2D eigenvalue weighted by molar-refractivity contribution is -0.137. The molecule has 0 bridgehead atoms. The third-order valence-electron chi connectivity index (χ3n) is 5.10. The lowest BCUT2D eigenvalue weighted by Crippen LogP contribution is -2.50. The normalized spacial score (nSPS) is 19.0. The maximum atomic E-state index is 13.7. The van der Waals surface area contributed by atoms with Crippen LogP contribution in [-0.4, -0.2) is 32.5 Å². The molecule has 2 aromatic heterocycles. The quantitative estimate of drug-likeness (QED) is 0.505. The molecule has 1 saturated carbocycles. The Kier molecular flexibility index (Phi) is 6.21. The molecule has 5 nitrogen and oxygen atoms in total. The second kappa shape index (κ2) is 8.27. The highest BCUT2D eigenvalue weighted by Crippen LogP contribution is 2.44. The fourth-order valence-electron chi connectivity index (χ4n) is 3.43. The number of carbonyl (C=O) groups excluding carboxylic acids is 1. The fraction of sp³-hybridized carbons (Fsp3) is 0.421. The summed E-state index contributed by atoms with van der Waals surface area (Å²) in [7, 11) is 0. The van der Waals surface area contributed by atoms with Gasteiger partial charge in [0.1, 0.15) is 11.7 Å². The molecule has 1 aliphatic carbocycles. The Morgan fingerprint density at radius 3 is 2.39 bits per heavy atom. The van der Waals surface area contributed by atoms with Crippen LogP contribution in [0.2, 0.25) is 5.02 Å². The third-order valence-corrected chi connectivity index (χ3v) is 5.48. The first kappa shape index (κ1) is 23.3. The molecule has 0 spiro atoms. The Balaban J connectivity index is 1.97. The van der Waals surface area contributed by atoms with Crippen molar-refractivity contribution >= 4 is 17.5 Å². The van der Waals surface area contributed by atoms with Crippen LogP contribution in [0.5, 0.6) is 0 Å². The van der Waals surface area contributed by atoms with Crippen LogP contribution < -0.4 is 5.32 Å². The average molecular weight is 468 g/mol. The summed E-state index contributed by atoms with van der Waals surface area (Å²) < 4.78 is 80.1. The van der Waals surface area contributed by atoms with Gasteiger partial charge in [-0.25, -0.2) is 18.7 Å². The number of hydrogen-bond donors (Lipinski definition) is 2. The molecule has 1 unspecified atom stereocenters. The Hall–Kier alpha value is -2.40. The van der Waals surface area contributed by atoms with Gasteiger partial charge in [0.2, 0.25) is 11.9 Å². The van der Waals surface area contributed by atoms with Crippen LogP contribution in [0.15, 0.2) is 30.5 Å². The van der Waals surface area contributed by atoms with Crippen LogP contribution in [0.1, 0.15) is 53.5 Å². The predicted octanol–water partition coefficient (Wildman–Crippen LogP) is 4.70. The molecule has 1 amide bonds. The van der Waals surface area contributed by atoms with Crippen LogP contribution in [0.4, 0.5) is 26.3 Å². The number of halogens is 7. The lowest BCUT2D eigenvalue weighted by Gasteiger charge is -2.41. The maximum Gasteiger partial charge on any atom is 0.417 e. The van der Waals surface area contributed by atoms with E-state index in [1.165, 1.54) is 12.1 Å². The summed E-state index contributed by atoms with van der Waals surface area (Å²) >= 11 is 5.72. The number of rotatable bonds is 4. The molecule has 0 aromatic carbocycles. The number of nitrogens with one attached hydrogen (secondary N) is 1. The van der Waals surface area contributed by atoms with E-state index in [0.717, 1.165) is 12.3 Å². The minimum absolute atomic E-state index is 0.191. The summed E-state index contributed by atoms with van der Waals surface area (Å²) in [4.78, 5) is 19.9. The summed E-state index contributed by atoms with van der Waals surface area (Å²) in [5.74, 6) is -5.20. The highest BCUT2D eigenvalue weighted by Gasteiger charge is 2.48. The number of nitrogens with zero attached hydrogens (tertiary/aromatic N) is 2. The summed E-state index contributed by atoms with van der Waals surface area (Å²) in [6.45, 7) is 0. The Labute approximate surface area is 177 Å². The minimum Gasteiger partial charge on any atom is -0.387 e. The van der Waals surface area contributed by atoms with Gasteiger partial charge in [-0.3, -0.25) is 4.79 Å². The Morgan fingerprint density at radius 1 is 1.16 bits per heavy atom. The largest absolute Gasteiger partial charge is 0.417 e. The van der Waals surface area contributed by atoms with E-state index < -0.39 is 77.6 Å². The zero-order valence-electron chi connectivity index (χ0n) is 15.7. The van der Waals surface area contributed by atoms with Crippen molar-refractivity contribution in [2.45, 2.75) is 49.4 Å². The van der Waals surface area contributed by atoms with Gasteiger partial charge in [0.05, 0.1) is 21.9 Å². The molecule has 1 aliphatic rings. The second-order valence-corrected chi connectivity index (χ2v) is 7.65. The van der Waals surface area contributed by atoms with Crippen molar-refractivity contribution in [1.29, 1.82) is 0 Å². The molecule has 3 rings (SSSR count). The fourth-order valence-corrected chi connectivity index (χ4v) is 3.73. The molecule has 2 N–H and O–H groups in total. The first-order valence-electron chi connectivity index (χ1n) is 9.08. The highest BCUT2D eigenvalue weighted by molar-refractivity contribution is 6.34. The van der Waals surface area contributed by atoms with Crippen LogP contribution in [-0.2, 0) is 6.18 Å². The van der Waals surface area contributed by atoms with Gasteiger partial charge in [-0.15, -0.1) is 0 Å². The van der Waals surface area contributed by atoms with Gasteiger partial charge in [0, 0.05) is 19.0 Å². The van der Waals surface area contributed by atoms with Gasteiger partial charge < -0.3 is 10.4 Å². The first-order chi connectivity index (χ1) is 14.3. The molecule has 31 heavy (non-hydrogen) atoms. The van der Waals surface area contributed by atoms with Gasteiger partial charge in [0.25, 0.3) is 5.91 Å². The van der Waals surface area contributed by atoms with E-state index in [0.29, 0.717) is 6.07 Å². The number of pyridine rings is 2. The van der Waals surface area contributed by atoms with Crippen LogP contribution in [0.25, 0.3) is 0 Å². The van der Waals surface area contributed by atoms with Crippen LogP contribution >= 0.6 is 11.6 Å². The SMILES string of the molecule is O=C(NC(c1cccc(F)n1)C1(O)CCC(F)(F)CC1)c1nccc(C(F)(F)F)c1Cl. The lowest BCUT2D eigenvalue weighted by atomic mass is 9.76. The van der Waals surface area contributed by atoms with E-state index >= 15 is 0 Å². The minimum atomic E-state index is -4.86. The monoisotopic (exact) mass is 467 g/mol. The molecule has 1 fully saturated rings. The topological polar surface area (TPSA) is 75.1 Å². The summed E-state index contributed by atoms with van der Waals surface area (Å²) in [5.41, 5.74) is -4.23. The van der Waals surface area contributed by atoms with Gasteiger partial charge >= 0.3 is 6.18 Å². The van der Waals surface area contributed by atoms with E-state index in [1.807, 2.05) is 0 Å². The maximum absolute atomic E-state index is 13.7. The van der Waals surface area contributed by atoms with E-state index in [2.05, 4.69) is 15.3 Å². The number of aromatic nitrogens is 2. The van der Waals surface area contributed by atoms with E-state index in [-0.39, 0.29) is 5.69 Å². The van der Waals surface area contributed by atoms with Crippen LogP contribution in [0.3, 0.4) is 0 Å². The molecular weight excluding hydrogens is 452 g/mol. The van der Waals surface area contributed by atoms with E-state index in [4.69, 9.17) is 11.6 Å². The molecule has 0 radical (unpaired) electrons. The number of alkyl halides is 5. The van der Waals surface area contributed by atoms with E-state index in [1.54, 1.807) is 0 Å². The predicted molar refractivity (Wildman–Crippen MR) is 97.0 cm³/mol.